The van der Waals surface area contributed by atoms with Crippen LogP contribution in [0.5, 0.6) is 5.88 Å². The van der Waals surface area contributed by atoms with E-state index in [4.69, 9.17) is 11.2 Å². The Hall–Kier alpha value is -4.10. The number of nitrogens with zero attached hydrogens (tertiary/aromatic N) is 3. The van der Waals surface area contributed by atoms with Gasteiger partial charge in [-0.25, -0.2) is 9.78 Å². The molecule has 1 aromatic heterocycles. The standard InChI is InChI=1S/C29H31BrN6O3/c1-3-14-39-27-25(30)19-31-28(35-27)33-23-16-22(17-24(18-23)34-29(38)36-12-8-9-13-36)32-26(37)21(4-2)15-20-10-6-5-7-11-20/h1,5-7,10-11,16-19,21H,4,8-9,12-15H2,2H3,(H,32,37)(H,34,38)(H,31,33,35)/t21-/m1/s1. The SMILES string of the molecule is C#CCOc1nc(Nc2cc(NC(=O)[C@H](CC)Cc3ccccc3)cc(NC(=O)N3CCCC3)c2)ncc1Br. The molecule has 1 aliphatic heterocycles. The van der Waals surface area contributed by atoms with Gasteiger partial charge in [0.1, 0.15) is 0 Å². The summed E-state index contributed by atoms with van der Waals surface area (Å²) in [7, 11) is 0. The number of likely N-dealkylation sites (tertiary alicyclic amines) is 1. The van der Waals surface area contributed by atoms with Gasteiger partial charge < -0.3 is 25.6 Å². The van der Waals surface area contributed by atoms with Crippen LogP contribution in [0.2, 0.25) is 0 Å². The molecule has 202 valence electrons. The van der Waals surface area contributed by atoms with Crippen LogP contribution in [0.25, 0.3) is 0 Å². The first kappa shape index (κ1) is 27.9. The van der Waals surface area contributed by atoms with Gasteiger partial charge in [-0.3, -0.25) is 4.79 Å². The average Bonchev–Trinajstić information content (AvgIpc) is 3.48. The number of carbonyl (C=O) groups is 2. The molecule has 0 unspecified atom stereocenters. The second kappa shape index (κ2) is 13.6. The third kappa shape index (κ3) is 7.94. The molecule has 2 heterocycles. The van der Waals surface area contributed by atoms with Gasteiger partial charge in [-0.2, -0.15) is 4.98 Å². The van der Waals surface area contributed by atoms with Crippen molar-refractivity contribution in [3.05, 3.63) is 64.8 Å². The number of urea groups is 1. The van der Waals surface area contributed by atoms with Crippen LogP contribution in [0.4, 0.5) is 27.8 Å². The lowest BCUT2D eigenvalue weighted by atomic mass is 9.96. The number of benzene rings is 2. The number of hydrogen-bond donors (Lipinski definition) is 3. The summed E-state index contributed by atoms with van der Waals surface area (Å²) in [4.78, 5) is 36.5. The molecule has 1 aliphatic rings. The van der Waals surface area contributed by atoms with Crippen molar-refractivity contribution in [2.45, 2.75) is 32.6 Å². The number of hydrogen-bond acceptors (Lipinski definition) is 6. The summed E-state index contributed by atoms with van der Waals surface area (Å²) in [6, 6.07) is 15.0. The zero-order chi connectivity index (χ0) is 27.6. The highest BCUT2D eigenvalue weighted by Crippen LogP contribution is 2.28. The topological polar surface area (TPSA) is 108 Å². The summed E-state index contributed by atoms with van der Waals surface area (Å²) in [6.07, 6.45) is 10.1. The summed E-state index contributed by atoms with van der Waals surface area (Å²) >= 11 is 3.35. The highest BCUT2D eigenvalue weighted by Gasteiger charge is 2.20. The van der Waals surface area contributed by atoms with Crippen LogP contribution in [0.1, 0.15) is 31.7 Å². The predicted octanol–water partition coefficient (Wildman–Crippen LogP) is 5.83. The Morgan fingerprint density at radius 3 is 2.49 bits per heavy atom. The molecule has 0 saturated carbocycles. The Labute approximate surface area is 236 Å². The Bertz CT molecular complexity index is 1340. The van der Waals surface area contributed by atoms with Gasteiger partial charge >= 0.3 is 6.03 Å². The zero-order valence-electron chi connectivity index (χ0n) is 21.7. The van der Waals surface area contributed by atoms with Crippen molar-refractivity contribution in [2.24, 2.45) is 5.92 Å². The van der Waals surface area contributed by atoms with Crippen LogP contribution in [0, 0.1) is 18.3 Å². The fourth-order valence-corrected chi connectivity index (χ4v) is 4.59. The molecular weight excluding hydrogens is 560 g/mol. The van der Waals surface area contributed by atoms with E-state index < -0.39 is 0 Å². The average molecular weight is 592 g/mol. The van der Waals surface area contributed by atoms with Crippen molar-refractivity contribution in [1.29, 1.82) is 0 Å². The third-order valence-electron chi connectivity index (χ3n) is 6.29. The fraction of sp³-hybridized carbons (Fsp3) is 0.310. The van der Waals surface area contributed by atoms with Crippen molar-refractivity contribution >= 4 is 50.9 Å². The highest BCUT2D eigenvalue weighted by molar-refractivity contribution is 9.10. The van der Waals surface area contributed by atoms with Crippen molar-refractivity contribution in [1.82, 2.24) is 14.9 Å². The second-order valence-corrected chi connectivity index (χ2v) is 10.0. The molecule has 0 radical (unpaired) electrons. The smallest absolute Gasteiger partial charge is 0.321 e. The number of terminal acetylenes is 1. The Morgan fingerprint density at radius 1 is 1.10 bits per heavy atom. The van der Waals surface area contributed by atoms with Crippen molar-refractivity contribution in [2.75, 3.05) is 35.6 Å². The van der Waals surface area contributed by atoms with Crippen molar-refractivity contribution < 1.29 is 14.3 Å². The molecule has 0 aliphatic carbocycles. The van der Waals surface area contributed by atoms with E-state index in [-0.39, 0.29) is 30.4 Å². The molecule has 4 rings (SSSR count). The van der Waals surface area contributed by atoms with E-state index in [1.807, 2.05) is 37.3 Å². The van der Waals surface area contributed by atoms with Crippen LogP contribution in [0.15, 0.2) is 59.2 Å². The minimum Gasteiger partial charge on any atom is -0.464 e. The number of carbonyl (C=O) groups excluding carboxylic acids is 2. The number of amides is 3. The maximum atomic E-state index is 13.3. The van der Waals surface area contributed by atoms with Gasteiger partial charge in [0.15, 0.2) is 6.61 Å². The first-order chi connectivity index (χ1) is 18.9. The number of nitrogens with one attached hydrogen (secondary N) is 3. The summed E-state index contributed by atoms with van der Waals surface area (Å²) in [5.74, 6) is 2.66. The molecule has 0 bridgehead atoms. The van der Waals surface area contributed by atoms with Crippen LogP contribution < -0.4 is 20.7 Å². The quantitative estimate of drug-likeness (QED) is 0.256. The van der Waals surface area contributed by atoms with Crippen LogP contribution in [0.3, 0.4) is 0 Å². The molecule has 3 aromatic rings. The lowest BCUT2D eigenvalue weighted by Gasteiger charge is -2.19. The number of rotatable bonds is 10. The predicted molar refractivity (Wildman–Crippen MR) is 156 cm³/mol. The normalized spacial score (nSPS) is 13.3. The van der Waals surface area contributed by atoms with Gasteiger partial charge in [0.25, 0.3) is 0 Å². The Morgan fingerprint density at radius 2 is 1.79 bits per heavy atom. The number of ether oxygens (including phenoxy) is 1. The number of anilines is 4. The van der Waals surface area contributed by atoms with E-state index in [1.165, 1.54) is 0 Å². The fourth-order valence-electron chi connectivity index (χ4n) is 4.28. The molecule has 10 heteroatoms. The maximum Gasteiger partial charge on any atom is 0.321 e. The molecule has 3 N–H and O–H groups in total. The monoisotopic (exact) mass is 590 g/mol. The van der Waals surface area contributed by atoms with E-state index in [9.17, 15) is 9.59 Å². The van der Waals surface area contributed by atoms with Gasteiger partial charge in [0, 0.05) is 36.1 Å². The Balaban J connectivity index is 1.57. The molecule has 2 aromatic carbocycles. The lowest BCUT2D eigenvalue weighted by Crippen LogP contribution is -2.32. The van der Waals surface area contributed by atoms with E-state index in [0.717, 1.165) is 31.5 Å². The van der Waals surface area contributed by atoms with E-state index in [0.29, 0.717) is 40.3 Å². The maximum absolute atomic E-state index is 13.3. The van der Waals surface area contributed by atoms with Gasteiger partial charge in [-0.1, -0.05) is 43.2 Å². The molecular formula is C29H31BrN6O3. The molecule has 9 nitrogen and oxygen atoms in total. The minimum atomic E-state index is -0.211. The van der Waals surface area contributed by atoms with E-state index >= 15 is 0 Å². The summed E-state index contributed by atoms with van der Waals surface area (Å²) in [5, 5.41) is 9.12. The van der Waals surface area contributed by atoms with Crippen LogP contribution >= 0.6 is 15.9 Å². The molecule has 39 heavy (non-hydrogen) atoms. The molecule has 0 spiro atoms. The van der Waals surface area contributed by atoms with Gasteiger partial charge in [0.05, 0.1) is 10.7 Å². The number of aromatic nitrogens is 2. The van der Waals surface area contributed by atoms with Crippen molar-refractivity contribution in [3.63, 3.8) is 0 Å². The van der Waals surface area contributed by atoms with E-state index in [2.05, 4.69) is 47.8 Å². The van der Waals surface area contributed by atoms with Gasteiger partial charge in [-0.15, -0.1) is 6.42 Å². The van der Waals surface area contributed by atoms with Crippen LogP contribution in [-0.4, -0.2) is 46.5 Å². The minimum absolute atomic E-state index is 0.0603. The summed E-state index contributed by atoms with van der Waals surface area (Å²) in [6.45, 7) is 3.50. The highest BCUT2D eigenvalue weighted by atomic mass is 79.9. The zero-order valence-corrected chi connectivity index (χ0v) is 23.3. The van der Waals surface area contributed by atoms with Crippen molar-refractivity contribution in [3.8, 4) is 18.2 Å². The third-order valence-corrected chi connectivity index (χ3v) is 6.84. The summed E-state index contributed by atoms with van der Waals surface area (Å²) in [5.41, 5.74) is 2.74. The summed E-state index contributed by atoms with van der Waals surface area (Å²) < 4.78 is 6.03. The first-order valence-corrected chi connectivity index (χ1v) is 13.7. The lowest BCUT2D eigenvalue weighted by molar-refractivity contribution is -0.119. The van der Waals surface area contributed by atoms with Gasteiger partial charge in [-0.05, 0) is 65.4 Å². The molecule has 1 saturated heterocycles. The Kier molecular flexibility index (Phi) is 9.75. The molecule has 3 amide bonds. The number of halogens is 1. The largest absolute Gasteiger partial charge is 0.464 e. The molecule has 1 atom stereocenters. The molecule has 1 fully saturated rings. The second-order valence-electron chi connectivity index (χ2n) is 9.17. The van der Waals surface area contributed by atoms with E-state index in [1.54, 1.807) is 29.3 Å². The van der Waals surface area contributed by atoms with Crippen LogP contribution in [-0.2, 0) is 11.2 Å². The first-order valence-electron chi connectivity index (χ1n) is 12.9. The van der Waals surface area contributed by atoms with Gasteiger partial charge in [0.2, 0.25) is 17.7 Å².